The fourth-order valence-corrected chi connectivity index (χ4v) is 3.44. The molecule has 1 aliphatic heterocycles. The largest absolute Gasteiger partial charge is 0.387 e. The van der Waals surface area contributed by atoms with E-state index in [9.17, 15) is 5.11 Å². The van der Waals surface area contributed by atoms with Gasteiger partial charge in [-0.05, 0) is 48.4 Å². The Morgan fingerprint density at radius 3 is 2.53 bits per heavy atom. The zero-order valence-corrected chi connectivity index (χ0v) is 11.2. The Balaban J connectivity index is 2.01. The number of rotatable bonds is 4. The normalized spacial score (nSPS) is 19.2. The highest BCUT2D eigenvalue weighted by atomic mass is 32.2. The Bertz CT molecular complexity index is 333. The molecule has 0 bridgehead atoms. The van der Waals surface area contributed by atoms with Crippen LogP contribution < -0.4 is 5.32 Å². The molecule has 1 aromatic carbocycles. The highest BCUT2D eigenvalue weighted by Gasteiger charge is 2.16. The van der Waals surface area contributed by atoms with E-state index in [1.807, 2.05) is 7.05 Å². The average molecular weight is 251 g/mol. The molecule has 1 fully saturated rings. The van der Waals surface area contributed by atoms with Crippen molar-refractivity contribution in [2.24, 2.45) is 0 Å². The topological polar surface area (TPSA) is 32.3 Å². The maximum Gasteiger partial charge on any atom is 0.0914 e. The van der Waals surface area contributed by atoms with Gasteiger partial charge in [0.15, 0.2) is 0 Å². The van der Waals surface area contributed by atoms with E-state index < -0.39 is 6.10 Å². The number of nitrogens with one attached hydrogen (secondary N) is 1. The molecule has 1 heterocycles. The first kappa shape index (κ1) is 12.9. The fraction of sp³-hybridized carbons (Fsp3) is 0.571. The lowest BCUT2D eigenvalue weighted by molar-refractivity contribution is 0.178. The minimum absolute atomic E-state index is 0.393. The van der Waals surface area contributed by atoms with Crippen molar-refractivity contribution in [2.45, 2.75) is 24.9 Å². The lowest BCUT2D eigenvalue weighted by atomic mass is 9.92. The van der Waals surface area contributed by atoms with Gasteiger partial charge in [-0.3, -0.25) is 0 Å². The molecule has 2 N–H and O–H groups in total. The fourth-order valence-electron chi connectivity index (χ4n) is 2.33. The van der Waals surface area contributed by atoms with Gasteiger partial charge in [-0.25, -0.2) is 0 Å². The second-order valence-electron chi connectivity index (χ2n) is 4.63. The molecule has 1 aromatic rings. The van der Waals surface area contributed by atoms with Crippen molar-refractivity contribution in [1.29, 1.82) is 0 Å². The van der Waals surface area contributed by atoms with Gasteiger partial charge in [-0.1, -0.05) is 24.3 Å². The van der Waals surface area contributed by atoms with Crippen molar-refractivity contribution in [3.63, 3.8) is 0 Å². The molecule has 17 heavy (non-hydrogen) atoms. The third-order valence-electron chi connectivity index (χ3n) is 3.41. The first-order valence-electron chi connectivity index (χ1n) is 6.31. The first-order chi connectivity index (χ1) is 8.31. The summed E-state index contributed by atoms with van der Waals surface area (Å²) in [6.45, 7) is 0.611. The van der Waals surface area contributed by atoms with Crippen molar-refractivity contribution >= 4 is 11.8 Å². The van der Waals surface area contributed by atoms with Crippen molar-refractivity contribution in [3.8, 4) is 0 Å². The first-order valence-corrected chi connectivity index (χ1v) is 7.47. The number of benzene rings is 1. The Morgan fingerprint density at radius 1 is 1.29 bits per heavy atom. The molecule has 0 spiro atoms. The van der Waals surface area contributed by atoms with E-state index in [1.54, 1.807) is 0 Å². The number of aliphatic hydroxyl groups is 1. The standard InChI is InChI=1S/C14H21NOS/c1-15-10-14(16)13-4-2-11(3-5-13)12-6-8-17-9-7-12/h2-5,12,14-16H,6-10H2,1H3. The van der Waals surface area contributed by atoms with Gasteiger partial charge in [0.2, 0.25) is 0 Å². The van der Waals surface area contributed by atoms with E-state index in [4.69, 9.17) is 0 Å². The van der Waals surface area contributed by atoms with Gasteiger partial charge in [0.1, 0.15) is 0 Å². The van der Waals surface area contributed by atoms with Crippen LogP contribution in [0.3, 0.4) is 0 Å². The quantitative estimate of drug-likeness (QED) is 0.862. The average Bonchev–Trinajstić information content (AvgIpc) is 2.40. The van der Waals surface area contributed by atoms with Gasteiger partial charge in [0.05, 0.1) is 6.10 Å². The molecule has 0 saturated carbocycles. The van der Waals surface area contributed by atoms with E-state index in [-0.39, 0.29) is 0 Å². The molecule has 2 nitrogen and oxygen atoms in total. The minimum Gasteiger partial charge on any atom is -0.387 e. The van der Waals surface area contributed by atoms with Crippen LogP contribution in [-0.2, 0) is 0 Å². The van der Waals surface area contributed by atoms with Crippen molar-refractivity contribution in [1.82, 2.24) is 5.32 Å². The summed E-state index contributed by atoms with van der Waals surface area (Å²) in [7, 11) is 1.86. The Kier molecular flexibility index (Phi) is 4.89. The zero-order valence-electron chi connectivity index (χ0n) is 10.4. The molecule has 2 rings (SSSR count). The summed E-state index contributed by atoms with van der Waals surface area (Å²) in [6.07, 6.45) is 2.20. The van der Waals surface area contributed by atoms with Crippen LogP contribution in [0.2, 0.25) is 0 Å². The van der Waals surface area contributed by atoms with Crippen LogP contribution in [0.1, 0.15) is 36.0 Å². The molecule has 1 atom stereocenters. The number of aliphatic hydroxyl groups excluding tert-OH is 1. The van der Waals surface area contributed by atoms with Crippen LogP contribution in [0.5, 0.6) is 0 Å². The highest BCUT2D eigenvalue weighted by molar-refractivity contribution is 7.99. The van der Waals surface area contributed by atoms with E-state index in [0.29, 0.717) is 6.54 Å². The summed E-state index contributed by atoms with van der Waals surface area (Å²) >= 11 is 2.06. The van der Waals surface area contributed by atoms with E-state index >= 15 is 0 Å². The maximum atomic E-state index is 9.86. The second-order valence-corrected chi connectivity index (χ2v) is 5.85. The van der Waals surface area contributed by atoms with Crippen LogP contribution in [0.25, 0.3) is 0 Å². The molecule has 3 heteroatoms. The molecule has 0 amide bonds. The SMILES string of the molecule is CNCC(O)c1ccc(C2CCSCC2)cc1. The van der Waals surface area contributed by atoms with Crippen LogP contribution in [0.4, 0.5) is 0 Å². The van der Waals surface area contributed by atoms with Gasteiger partial charge in [-0.15, -0.1) is 0 Å². The Labute approximate surface area is 108 Å². The van der Waals surface area contributed by atoms with Gasteiger partial charge in [0, 0.05) is 6.54 Å². The van der Waals surface area contributed by atoms with Gasteiger partial charge < -0.3 is 10.4 Å². The molecule has 1 unspecified atom stereocenters. The summed E-state index contributed by atoms with van der Waals surface area (Å²) < 4.78 is 0. The molecule has 94 valence electrons. The molecule has 1 saturated heterocycles. The predicted molar refractivity (Wildman–Crippen MR) is 74.6 cm³/mol. The van der Waals surface area contributed by atoms with Crippen molar-refractivity contribution in [3.05, 3.63) is 35.4 Å². The van der Waals surface area contributed by atoms with Crippen molar-refractivity contribution in [2.75, 3.05) is 25.1 Å². The lowest BCUT2D eigenvalue weighted by Crippen LogP contribution is -2.16. The molecule has 0 aromatic heterocycles. The third-order valence-corrected chi connectivity index (χ3v) is 4.46. The molecular weight excluding hydrogens is 230 g/mol. The summed E-state index contributed by atoms with van der Waals surface area (Å²) in [5, 5.41) is 12.8. The molecular formula is C14H21NOS. The zero-order chi connectivity index (χ0) is 12.1. The summed E-state index contributed by atoms with van der Waals surface area (Å²) in [5.41, 5.74) is 2.44. The summed E-state index contributed by atoms with van der Waals surface area (Å²) in [4.78, 5) is 0. The molecule has 0 aliphatic carbocycles. The smallest absolute Gasteiger partial charge is 0.0914 e. The summed E-state index contributed by atoms with van der Waals surface area (Å²) in [6, 6.07) is 8.52. The third kappa shape index (κ3) is 3.47. The van der Waals surface area contributed by atoms with E-state index in [1.165, 1.54) is 29.9 Å². The minimum atomic E-state index is -0.393. The number of hydrogen-bond acceptors (Lipinski definition) is 3. The Hall–Kier alpha value is -0.510. The number of hydrogen-bond donors (Lipinski definition) is 2. The van der Waals surface area contributed by atoms with Crippen LogP contribution in [-0.4, -0.2) is 30.2 Å². The molecule has 0 radical (unpaired) electrons. The Morgan fingerprint density at radius 2 is 1.94 bits per heavy atom. The van der Waals surface area contributed by atoms with Crippen LogP contribution in [0.15, 0.2) is 24.3 Å². The lowest BCUT2D eigenvalue weighted by Gasteiger charge is -2.22. The second kappa shape index (κ2) is 6.43. The van der Waals surface area contributed by atoms with Gasteiger partial charge >= 0.3 is 0 Å². The van der Waals surface area contributed by atoms with Gasteiger partial charge in [0.25, 0.3) is 0 Å². The van der Waals surface area contributed by atoms with E-state index in [2.05, 4.69) is 41.3 Å². The van der Waals surface area contributed by atoms with E-state index in [0.717, 1.165) is 11.5 Å². The number of likely N-dealkylation sites (N-methyl/N-ethyl adjacent to an activating group) is 1. The summed E-state index contributed by atoms with van der Waals surface area (Å²) in [5.74, 6) is 3.30. The van der Waals surface area contributed by atoms with Gasteiger partial charge in [-0.2, -0.15) is 11.8 Å². The monoisotopic (exact) mass is 251 g/mol. The van der Waals surface area contributed by atoms with Crippen LogP contribution in [0, 0.1) is 0 Å². The van der Waals surface area contributed by atoms with Crippen molar-refractivity contribution < 1.29 is 5.11 Å². The maximum absolute atomic E-state index is 9.86. The number of thioether (sulfide) groups is 1. The molecule has 1 aliphatic rings. The van der Waals surface area contributed by atoms with Crippen LogP contribution >= 0.6 is 11.8 Å². The highest BCUT2D eigenvalue weighted by Crippen LogP contribution is 2.31. The predicted octanol–water partition coefficient (Wildman–Crippen LogP) is 2.55.